The van der Waals surface area contributed by atoms with Gasteiger partial charge in [0.25, 0.3) is 5.91 Å². The van der Waals surface area contributed by atoms with E-state index in [0.717, 1.165) is 10.6 Å². The van der Waals surface area contributed by atoms with Gasteiger partial charge in [-0.1, -0.05) is 31.2 Å². The number of hydrogen-bond acceptors (Lipinski definition) is 3. The van der Waals surface area contributed by atoms with Crippen LogP contribution < -0.4 is 10.1 Å². The molecule has 1 N–H and O–H groups in total. The molecule has 0 aliphatic heterocycles. The number of benzene rings is 2. The molecule has 0 aliphatic carbocycles. The highest BCUT2D eigenvalue weighted by atomic mass is 32.2. The second kappa shape index (κ2) is 7.74. The van der Waals surface area contributed by atoms with E-state index in [1.54, 1.807) is 11.8 Å². The van der Waals surface area contributed by atoms with Crippen molar-refractivity contribution in [1.29, 1.82) is 0 Å². The van der Waals surface area contributed by atoms with Gasteiger partial charge in [-0.2, -0.15) is 0 Å². The van der Waals surface area contributed by atoms with Crippen molar-refractivity contribution in [3.05, 3.63) is 54.6 Å². The molecule has 0 spiro atoms. The van der Waals surface area contributed by atoms with Gasteiger partial charge in [-0.15, -0.1) is 11.8 Å². The zero-order valence-electron chi connectivity index (χ0n) is 12.2. The quantitative estimate of drug-likeness (QED) is 0.812. The predicted octanol–water partition coefficient (Wildman–Crippen LogP) is 4.20. The van der Waals surface area contributed by atoms with E-state index in [-0.39, 0.29) is 5.91 Å². The number of carbonyl (C=O) groups excluding carboxylic acids is 1. The maximum Gasteiger partial charge on any atom is 0.265 e. The van der Waals surface area contributed by atoms with E-state index in [9.17, 15) is 4.79 Å². The molecule has 2 aromatic carbocycles. The van der Waals surface area contributed by atoms with Crippen LogP contribution in [0.1, 0.15) is 13.3 Å². The van der Waals surface area contributed by atoms with Gasteiger partial charge in [0.2, 0.25) is 0 Å². The molecule has 3 nitrogen and oxygen atoms in total. The van der Waals surface area contributed by atoms with Gasteiger partial charge < -0.3 is 10.1 Å². The molecule has 0 unspecified atom stereocenters. The first kappa shape index (κ1) is 15.4. The van der Waals surface area contributed by atoms with Crippen molar-refractivity contribution in [2.75, 3.05) is 11.6 Å². The Morgan fingerprint density at radius 2 is 1.95 bits per heavy atom. The summed E-state index contributed by atoms with van der Waals surface area (Å²) in [7, 11) is 0. The Kier molecular flexibility index (Phi) is 5.69. The van der Waals surface area contributed by atoms with Crippen LogP contribution in [0, 0.1) is 0 Å². The summed E-state index contributed by atoms with van der Waals surface area (Å²) >= 11 is 1.64. The number of hydrogen-bond donors (Lipinski definition) is 1. The third kappa shape index (κ3) is 4.53. The maximum absolute atomic E-state index is 12.3. The molecular weight excluding hydrogens is 282 g/mol. The van der Waals surface area contributed by atoms with Gasteiger partial charge in [0.05, 0.1) is 0 Å². The molecule has 0 heterocycles. The monoisotopic (exact) mass is 301 g/mol. The van der Waals surface area contributed by atoms with Crippen LogP contribution in [0.3, 0.4) is 0 Å². The van der Waals surface area contributed by atoms with Crippen molar-refractivity contribution in [2.45, 2.75) is 24.3 Å². The minimum Gasteiger partial charge on any atom is -0.481 e. The summed E-state index contributed by atoms with van der Waals surface area (Å²) in [4.78, 5) is 13.4. The van der Waals surface area contributed by atoms with E-state index in [1.807, 2.05) is 67.8 Å². The van der Waals surface area contributed by atoms with Crippen molar-refractivity contribution in [2.24, 2.45) is 0 Å². The van der Waals surface area contributed by atoms with Gasteiger partial charge in [0.15, 0.2) is 6.10 Å². The summed E-state index contributed by atoms with van der Waals surface area (Å²) in [6, 6.07) is 17.2. The normalized spacial score (nSPS) is 11.7. The molecule has 0 aliphatic rings. The number of para-hydroxylation sites is 1. The molecular formula is C17H19NO2S. The van der Waals surface area contributed by atoms with E-state index in [4.69, 9.17) is 4.74 Å². The largest absolute Gasteiger partial charge is 0.481 e. The first-order valence-corrected chi connectivity index (χ1v) is 8.12. The van der Waals surface area contributed by atoms with E-state index in [0.29, 0.717) is 12.2 Å². The lowest BCUT2D eigenvalue weighted by molar-refractivity contribution is -0.122. The van der Waals surface area contributed by atoms with E-state index < -0.39 is 6.10 Å². The van der Waals surface area contributed by atoms with Crippen LogP contribution in [0.4, 0.5) is 5.69 Å². The smallest absolute Gasteiger partial charge is 0.265 e. The van der Waals surface area contributed by atoms with E-state index >= 15 is 0 Å². The average Bonchev–Trinajstić information content (AvgIpc) is 2.53. The van der Waals surface area contributed by atoms with Crippen molar-refractivity contribution in [1.82, 2.24) is 0 Å². The molecule has 2 rings (SSSR count). The van der Waals surface area contributed by atoms with Crippen LogP contribution in [0.2, 0.25) is 0 Å². The summed E-state index contributed by atoms with van der Waals surface area (Å²) in [6.45, 7) is 1.94. The van der Waals surface area contributed by atoms with Gasteiger partial charge >= 0.3 is 0 Å². The topological polar surface area (TPSA) is 38.3 Å². The lowest BCUT2D eigenvalue weighted by atomic mass is 10.2. The fourth-order valence-corrected chi connectivity index (χ4v) is 2.37. The lowest BCUT2D eigenvalue weighted by Crippen LogP contribution is -2.32. The molecule has 1 atom stereocenters. The molecule has 0 aromatic heterocycles. The third-order valence-corrected chi connectivity index (χ3v) is 3.75. The summed E-state index contributed by atoms with van der Waals surface area (Å²) in [6.07, 6.45) is 2.13. The van der Waals surface area contributed by atoms with E-state index in [1.165, 1.54) is 0 Å². The third-order valence-electron chi connectivity index (χ3n) is 3.02. The van der Waals surface area contributed by atoms with Crippen molar-refractivity contribution < 1.29 is 9.53 Å². The van der Waals surface area contributed by atoms with Crippen molar-refractivity contribution in [3.8, 4) is 5.75 Å². The van der Waals surface area contributed by atoms with Crippen LogP contribution in [0.25, 0.3) is 0 Å². The first-order chi connectivity index (χ1) is 10.2. The second-order valence-corrected chi connectivity index (χ2v) is 5.43. The Morgan fingerprint density at radius 3 is 2.62 bits per heavy atom. The molecule has 0 fully saturated rings. The Labute approximate surface area is 129 Å². The van der Waals surface area contributed by atoms with Gasteiger partial charge in [0.1, 0.15) is 5.75 Å². The van der Waals surface area contributed by atoms with Crippen LogP contribution in [0.5, 0.6) is 5.75 Å². The van der Waals surface area contributed by atoms with Crippen LogP contribution in [-0.2, 0) is 4.79 Å². The fraction of sp³-hybridized carbons (Fsp3) is 0.235. The molecule has 0 saturated carbocycles. The lowest BCUT2D eigenvalue weighted by Gasteiger charge is -2.17. The first-order valence-electron chi connectivity index (χ1n) is 6.89. The number of nitrogens with one attached hydrogen (secondary N) is 1. The van der Waals surface area contributed by atoms with Crippen molar-refractivity contribution in [3.63, 3.8) is 0 Å². The molecule has 21 heavy (non-hydrogen) atoms. The molecule has 4 heteroatoms. The number of amides is 1. The Morgan fingerprint density at radius 1 is 1.19 bits per heavy atom. The fourth-order valence-electron chi connectivity index (χ4n) is 1.91. The van der Waals surface area contributed by atoms with Gasteiger partial charge in [-0.3, -0.25) is 4.79 Å². The number of anilines is 1. The summed E-state index contributed by atoms with van der Waals surface area (Å²) < 4.78 is 5.74. The highest BCUT2D eigenvalue weighted by Crippen LogP contribution is 2.20. The zero-order valence-corrected chi connectivity index (χ0v) is 13.0. The Hall–Kier alpha value is -1.94. The van der Waals surface area contributed by atoms with Crippen molar-refractivity contribution >= 4 is 23.4 Å². The molecule has 0 radical (unpaired) electrons. The maximum atomic E-state index is 12.3. The predicted molar refractivity (Wildman–Crippen MR) is 88.0 cm³/mol. The highest BCUT2D eigenvalue weighted by molar-refractivity contribution is 7.98. The van der Waals surface area contributed by atoms with Gasteiger partial charge in [-0.25, -0.2) is 0 Å². The summed E-state index contributed by atoms with van der Waals surface area (Å²) in [5.41, 5.74) is 0.793. The highest BCUT2D eigenvalue weighted by Gasteiger charge is 2.18. The summed E-state index contributed by atoms with van der Waals surface area (Å²) in [5, 5.41) is 2.91. The van der Waals surface area contributed by atoms with Crippen LogP contribution >= 0.6 is 11.8 Å². The molecule has 0 saturated heterocycles. The number of thioether (sulfide) groups is 1. The standard InChI is InChI=1S/C17H19NO2S/c1-3-16(20-14-9-5-4-6-10-14)17(19)18-13-8-7-11-15(12-13)21-2/h4-12,16H,3H2,1-2H3,(H,18,19)/t16-/m1/s1. The zero-order chi connectivity index (χ0) is 15.1. The van der Waals surface area contributed by atoms with Crippen LogP contribution in [0.15, 0.2) is 59.5 Å². The summed E-state index contributed by atoms with van der Waals surface area (Å²) in [5.74, 6) is 0.581. The minimum atomic E-state index is -0.495. The Bertz CT molecular complexity index is 586. The SMILES string of the molecule is CC[C@@H](Oc1ccccc1)C(=O)Nc1cccc(SC)c1. The van der Waals surface area contributed by atoms with Gasteiger partial charge in [0, 0.05) is 10.6 Å². The average molecular weight is 301 g/mol. The number of ether oxygens (including phenoxy) is 1. The molecule has 110 valence electrons. The number of rotatable bonds is 6. The second-order valence-electron chi connectivity index (χ2n) is 4.55. The van der Waals surface area contributed by atoms with Crippen LogP contribution in [-0.4, -0.2) is 18.3 Å². The number of carbonyl (C=O) groups is 1. The molecule has 1 amide bonds. The molecule has 2 aromatic rings. The Balaban J connectivity index is 2.02. The van der Waals surface area contributed by atoms with E-state index in [2.05, 4.69) is 5.32 Å². The minimum absolute atomic E-state index is 0.125. The van der Waals surface area contributed by atoms with Gasteiger partial charge in [-0.05, 0) is 43.0 Å². The molecule has 0 bridgehead atoms.